The highest BCUT2D eigenvalue weighted by atomic mass is 19.1. The number of piperazine rings is 1. The van der Waals surface area contributed by atoms with Gasteiger partial charge in [-0.2, -0.15) is 0 Å². The van der Waals surface area contributed by atoms with Crippen molar-refractivity contribution in [1.82, 2.24) is 24.6 Å². The van der Waals surface area contributed by atoms with Crippen molar-refractivity contribution in [2.24, 2.45) is 0 Å². The van der Waals surface area contributed by atoms with Gasteiger partial charge in [0.2, 0.25) is 0 Å². The molecule has 0 spiro atoms. The molecule has 10 nitrogen and oxygen atoms in total. The van der Waals surface area contributed by atoms with Crippen LogP contribution >= 0.6 is 0 Å². The standard InChI is InChI=1S/C32H32FN7O3/c1-20-9-10-37(19-20)11-16-40-32(43)23-6-4-5-22(28(23)36-40)29-31(42)34-25-17-21(18-27(41)30(25)35-29)38-12-14-39(15-13-38)26-8-3-2-7-24(26)33/h2-8,17-18,36,41H,1,9-16,19H2,(H,34,42). The number of anilines is 2. The molecule has 0 saturated carbocycles. The summed E-state index contributed by atoms with van der Waals surface area (Å²) in [5.74, 6) is -0.309. The molecule has 2 fully saturated rings. The lowest BCUT2D eigenvalue weighted by atomic mass is 10.1. The summed E-state index contributed by atoms with van der Waals surface area (Å²) in [7, 11) is 0. The predicted molar refractivity (Wildman–Crippen MR) is 167 cm³/mol. The Labute approximate surface area is 246 Å². The Bertz CT molecular complexity index is 1990. The second-order valence-electron chi connectivity index (χ2n) is 11.3. The van der Waals surface area contributed by atoms with Crippen LogP contribution in [0.15, 0.2) is 76.3 Å². The first-order chi connectivity index (χ1) is 20.9. The lowest BCUT2D eigenvalue weighted by molar-refractivity contribution is 0.319. The summed E-state index contributed by atoms with van der Waals surface area (Å²) in [6, 6.07) is 15.4. The molecule has 2 aromatic heterocycles. The number of hydrogen-bond donors (Lipinski definition) is 3. The molecule has 3 aromatic carbocycles. The Morgan fingerprint density at radius 3 is 2.51 bits per heavy atom. The smallest absolute Gasteiger partial charge is 0.275 e. The minimum atomic E-state index is -0.426. The van der Waals surface area contributed by atoms with Gasteiger partial charge in [0.15, 0.2) is 0 Å². The lowest BCUT2D eigenvalue weighted by Gasteiger charge is -2.37. The van der Waals surface area contributed by atoms with Gasteiger partial charge in [-0.25, -0.2) is 9.37 Å². The number of nitrogens with zero attached hydrogens (tertiary/aromatic N) is 5. The highest BCUT2D eigenvalue weighted by Crippen LogP contribution is 2.32. The molecule has 7 rings (SSSR count). The Kier molecular flexibility index (Phi) is 6.73. The summed E-state index contributed by atoms with van der Waals surface area (Å²) in [5, 5.41) is 14.7. The summed E-state index contributed by atoms with van der Waals surface area (Å²) in [4.78, 5) is 40.4. The SMILES string of the molecule is C=C1CCN(CCn2[nH]c3c(-c4nc5c(O)cc(N6CCN(c7ccccc7F)CC6)cc5[nH]c4=O)cccc3c2=O)C1. The average Bonchev–Trinajstić information content (AvgIpc) is 3.58. The Balaban J connectivity index is 1.17. The number of phenols is 1. The summed E-state index contributed by atoms with van der Waals surface area (Å²) in [6.07, 6.45) is 0.975. The number of benzene rings is 3. The van der Waals surface area contributed by atoms with Crippen LogP contribution in [0.5, 0.6) is 5.75 Å². The molecule has 220 valence electrons. The van der Waals surface area contributed by atoms with Crippen molar-refractivity contribution in [2.45, 2.75) is 13.0 Å². The first-order valence-electron chi connectivity index (χ1n) is 14.5. The molecule has 5 aromatic rings. The van der Waals surface area contributed by atoms with Crippen molar-refractivity contribution in [1.29, 1.82) is 0 Å². The van der Waals surface area contributed by atoms with Crippen molar-refractivity contribution < 1.29 is 9.50 Å². The van der Waals surface area contributed by atoms with E-state index >= 15 is 0 Å². The number of fused-ring (bicyclic) bond motifs is 2. The molecular weight excluding hydrogens is 549 g/mol. The van der Waals surface area contributed by atoms with E-state index in [0.29, 0.717) is 66.9 Å². The average molecular weight is 582 g/mol. The molecule has 0 amide bonds. The maximum atomic E-state index is 14.3. The number of hydrogen-bond acceptors (Lipinski definition) is 7. The van der Waals surface area contributed by atoms with Gasteiger partial charge in [-0.3, -0.25) is 24.3 Å². The number of rotatable bonds is 6. The third-order valence-corrected chi connectivity index (χ3v) is 8.51. The zero-order valence-electron chi connectivity index (χ0n) is 23.6. The van der Waals surface area contributed by atoms with E-state index in [1.54, 1.807) is 47.1 Å². The van der Waals surface area contributed by atoms with Crippen LogP contribution in [0.3, 0.4) is 0 Å². The Hall–Kier alpha value is -4.90. The third kappa shape index (κ3) is 4.95. The van der Waals surface area contributed by atoms with Crippen LogP contribution in [0, 0.1) is 5.82 Å². The van der Waals surface area contributed by atoms with Crippen LogP contribution in [0.25, 0.3) is 33.2 Å². The highest BCUT2D eigenvalue weighted by molar-refractivity contribution is 5.94. The highest BCUT2D eigenvalue weighted by Gasteiger charge is 2.22. The number of aromatic hydroxyl groups is 1. The van der Waals surface area contributed by atoms with Crippen molar-refractivity contribution in [3.8, 4) is 17.0 Å². The molecule has 0 atom stereocenters. The summed E-state index contributed by atoms with van der Waals surface area (Å²) < 4.78 is 15.8. The van der Waals surface area contributed by atoms with Gasteiger partial charge in [0.05, 0.1) is 28.7 Å². The van der Waals surface area contributed by atoms with Gasteiger partial charge >= 0.3 is 0 Å². The molecule has 11 heteroatoms. The fourth-order valence-electron chi connectivity index (χ4n) is 6.20. The monoisotopic (exact) mass is 581 g/mol. The number of aromatic nitrogens is 4. The van der Waals surface area contributed by atoms with Crippen molar-refractivity contribution in [3.63, 3.8) is 0 Å². The first-order valence-corrected chi connectivity index (χ1v) is 14.5. The summed E-state index contributed by atoms with van der Waals surface area (Å²) >= 11 is 0. The van der Waals surface area contributed by atoms with Crippen molar-refractivity contribution in [2.75, 3.05) is 55.6 Å². The molecule has 4 heterocycles. The second kappa shape index (κ2) is 10.7. The zero-order valence-corrected chi connectivity index (χ0v) is 23.6. The quantitative estimate of drug-likeness (QED) is 0.262. The van der Waals surface area contributed by atoms with E-state index in [4.69, 9.17) is 0 Å². The van der Waals surface area contributed by atoms with E-state index in [1.165, 1.54) is 11.6 Å². The minimum Gasteiger partial charge on any atom is -0.506 e. The molecule has 2 saturated heterocycles. The Morgan fingerprint density at radius 1 is 0.953 bits per heavy atom. The number of likely N-dealkylation sites (tertiary alicyclic amines) is 1. The van der Waals surface area contributed by atoms with E-state index in [1.807, 2.05) is 11.0 Å². The number of halogens is 1. The third-order valence-electron chi connectivity index (χ3n) is 8.51. The topological polar surface area (TPSA) is 113 Å². The van der Waals surface area contributed by atoms with Gasteiger partial charge in [0.25, 0.3) is 11.1 Å². The largest absolute Gasteiger partial charge is 0.506 e. The van der Waals surface area contributed by atoms with Crippen LogP contribution in [0.4, 0.5) is 15.8 Å². The molecule has 0 aliphatic carbocycles. The molecule has 2 aliphatic rings. The van der Waals surface area contributed by atoms with Gasteiger partial charge < -0.3 is 19.9 Å². The molecule has 0 unspecified atom stereocenters. The van der Waals surface area contributed by atoms with Crippen LogP contribution < -0.4 is 20.9 Å². The molecule has 0 bridgehead atoms. The minimum absolute atomic E-state index is 0.0630. The number of para-hydroxylation sites is 2. The van der Waals surface area contributed by atoms with Gasteiger partial charge in [-0.15, -0.1) is 0 Å². The van der Waals surface area contributed by atoms with Gasteiger partial charge in [0, 0.05) is 63.1 Å². The molecular formula is C32H32FN7O3. The van der Waals surface area contributed by atoms with Crippen molar-refractivity contribution >= 4 is 33.3 Å². The van der Waals surface area contributed by atoms with E-state index < -0.39 is 5.56 Å². The van der Waals surface area contributed by atoms with E-state index in [9.17, 15) is 19.1 Å². The van der Waals surface area contributed by atoms with E-state index in [-0.39, 0.29) is 28.3 Å². The fourth-order valence-corrected chi connectivity index (χ4v) is 6.20. The summed E-state index contributed by atoms with van der Waals surface area (Å²) in [6.45, 7) is 9.48. The zero-order chi connectivity index (χ0) is 29.7. The second-order valence-corrected chi connectivity index (χ2v) is 11.3. The molecule has 3 N–H and O–H groups in total. The maximum Gasteiger partial charge on any atom is 0.275 e. The van der Waals surface area contributed by atoms with Gasteiger partial charge in [-0.1, -0.05) is 36.4 Å². The molecule has 2 aliphatic heterocycles. The number of phenolic OH excluding ortho intramolecular Hbond substituents is 1. The van der Waals surface area contributed by atoms with Crippen LogP contribution in [-0.4, -0.2) is 75.6 Å². The predicted octanol–water partition coefficient (Wildman–Crippen LogP) is 3.67. The Morgan fingerprint density at radius 2 is 1.74 bits per heavy atom. The van der Waals surface area contributed by atoms with Gasteiger partial charge in [-0.05, 0) is 30.7 Å². The molecule has 43 heavy (non-hydrogen) atoms. The normalized spacial score (nSPS) is 16.2. The van der Waals surface area contributed by atoms with E-state index in [0.717, 1.165) is 25.2 Å². The lowest BCUT2D eigenvalue weighted by Crippen LogP contribution is -2.46. The summed E-state index contributed by atoms with van der Waals surface area (Å²) in [5.41, 5.74) is 3.73. The maximum absolute atomic E-state index is 14.3. The number of nitrogens with one attached hydrogen (secondary N) is 2. The van der Waals surface area contributed by atoms with Crippen LogP contribution in [0.1, 0.15) is 6.42 Å². The van der Waals surface area contributed by atoms with Crippen LogP contribution in [-0.2, 0) is 6.54 Å². The molecule has 0 radical (unpaired) electrons. The van der Waals surface area contributed by atoms with Crippen molar-refractivity contribution in [3.05, 3.63) is 93.3 Å². The van der Waals surface area contributed by atoms with Crippen LogP contribution in [0.2, 0.25) is 0 Å². The first kappa shape index (κ1) is 27.0. The van der Waals surface area contributed by atoms with Gasteiger partial charge in [0.1, 0.15) is 22.8 Å². The number of H-pyrrole nitrogens is 2. The fraction of sp³-hybridized carbons (Fsp3) is 0.281. The van der Waals surface area contributed by atoms with E-state index in [2.05, 4.69) is 31.4 Å². The number of aromatic amines is 2.